The maximum Gasteiger partial charge on any atom is -0.00579 e. The summed E-state index contributed by atoms with van der Waals surface area (Å²) in [5.74, 6) is 0. The molecule has 0 aromatic heterocycles. The smallest absolute Gasteiger partial charge is 0.00579 e. The highest BCUT2D eigenvalue weighted by molar-refractivity contribution is 5.63. The van der Waals surface area contributed by atoms with Crippen molar-refractivity contribution in [1.82, 2.24) is 0 Å². The molecule has 0 heterocycles. The van der Waals surface area contributed by atoms with E-state index in [1.165, 1.54) is 24.0 Å². The Morgan fingerprint density at radius 3 is 2.46 bits per heavy atom. The molecule has 0 aliphatic heterocycles. The lowest BCUT2D eigenvalue weighted by molar-refractivity contribution is 1.04. The summed E-state index contributed by atoms with van der Waals surface area (Å²) in [5.41, 5.74) is 4.47. The molecule has 0 radical (unpaired) electrons. The van der Waals surface area contributed by atoms with Gasteiger partial charge in [0.25, 0.3) is 0 Å². The van der Waals surface area contributed by atoms with Crippen molar-refractivity contribution in [2.45, 2.75) is 33.6 Å². The summed E-state index contributed by atoms with van der Waals surface area (Å²) < 4.78 is 0. The maximum atomic E-state index is 2.31. The zero-order chi connectivity index (χ0) is 9.68. The van der Waals surface area contributed by atoms with Gasteiger partial charge in [0, 0.05) is 0 Å². The van der Waals surface area contributed by atoms with Crippen molar-refractivity contribution in [3.8, 4) is 0 Å². The number of fused-ring (bicyclic) bond motifs is 1. The third kappa shape index (κ3) is 2.21. The summed E-state index contributed by atoms with van der Waals surface area (Å²) in [6.07, 6.45) is 4.68. The van der Waals surface area contributed by atoms with Crippen LogP contribution in [-0.4, -0.2) is 0 Å². The van der Waals surface area contributed by atoms with E-state index in [4.69, 9.17) is 0 Å². The SMILES string of the molecule is CC.CCC1=Cc2ccccc2C1. The van der Waals surface area contributed by atoms with Crippen LogP contribution in [-0.2, 0) is 6.42 Å². The molecule has 0 nitrogen and oxygen atoms in total. The monoisotopic (exact) mass is 174 g/mol. The maximum absolute atomic E-state index is 2.31. The Morgan fingerprint density at radius 1 is 1.15 bits per heavy atom. The first kappa shape index (κ1) is 10.0. The van der Waals surface area contributed by atoms with Gasteiger partial charge in [0.15, 0.2) is 0 Å². The van der Waals surface area contributed by atoms with E-state index in [-0.39, 0.29) is 0 Å². The van der Waals surface area contributed by atoms with Gasteiger partial charge in [-0.15, -0.1) is 0 Å². The fourth-order valence-corrected chi connectivity index (χ4v) is 1.58. The van der Waals surface area contributed by atoms with Crippen LogP contribution in [0, 0.1) is 0 Å². The van der Waals surface area contributed by atoms with Crippen LogP contribution in [0.4, 0.5) is 0 Å². The van der Waals surface area contributed by atoms with E-state index in [1.54, 1.807) is 5.57 Å². The van der Waals surface area contributed by atoms with E-state index in [0.717, 1.165) is 0 Å². The standard InChI is InChI=1S/C11H12.C2H6/c1-2-9-7-10-5-3-4-6-11(10)8-9;1-2/h3-7H,2,8H2,1H3;1-2H3. The quantitative estimate of drug-likeness (QED) is 0.602. The lowest BCUT2D eigenvalue weighted by atomic mass is 10.1. The molecule has 1 aliphatic rings. The summed E-state index contributed by atoms with van der Waals surface area (Å²) in [6.45, 7) is 6.22. The summed E-state index contributed by atoms with van der Waals surface area (Å²) in [4.78, 5) is 0. The Bertz CT molecular complexity index is 295. The van der Waals surface area contributed by atoms with Gasteiger partial charge in [0.2, 0.25) is 0 Å². The van der Waals surface area contributed by atoms with E-state index < -0.39 is 0 Å². The normalized spacial score (nSPS) is 12.7. The second kappa shape index (κ2) is 4.86. The number of allylic oxidation sites excluding steroid dienone is 1. The lowest BCUT2D eigenvalue weighted by Gasteiger charge is -1.95. The minimum absolute atomic E-state index is 1.17. The van der Waals surface area contributed by atoms with E-state index in [0.29, 0.717) is 0 Å². The highest BCUT2D eigenvalue weighted by Crippen LogP contribution is 2.25. The average molecular weight is 174 g/mol. The van der Waals surface area contributed by atoms with Crippen molar-refractivity contribution < 1.29 is 0 Å². The van der Waals surface area contributed by atoms with Crippen molar-refractivity contribution in [1.29, 1.82) is 0 Å². The van der Waals surface area contributed by atoms with Crippen LogP contribution in [0.2, 0.25) is 0 Å². The Kier molecular flexibility index (Phi) is 3.75. The van der Waals surface area contributed by atoms with Crippen LogP contribution >= 0.6 is 0 Å². The Balaban J connectivity index is 0.000000396. The van der Waals surface area contributed by atoms with Gasteiger partial charge in [0.1, 0.15) is 0 Å². The average Bonchev–Trinajstić information content (AvgIpc) is 2.63. The van der Waals surface area contributed by atoms with Gasteiger partial charge in [-0.25, -0.2) is 0 Å². The summed E-state index contributed by atoms with van der Waals surface area (Å²) >= 11 is 0. The largest absolute Gasteiger partial charge is 0.0683 e. The predicted molar refractivity (Wildman–Crippen MR) is 59.8 cm³/mol. The molecule has 1 aromatic rings. The van der Waals surface area contributed by atoms with E-state index in [9.17, 15) is 0 Å². The molecule has 0 saturated carbocycles. The molecule has 0 saturated heterocycles. The first-order valence-electron chi connectivity index (χ1n) is 5.17. The summed E-state index contributed by atoms with van der Waals surface area (Å²) in [7, 11) is 0. The second-order valence-corrected chi connectivity index (χ2v) is 3.03. The molecular weight excluding hydrogens is 156 g/mol. The minimum atomic E-state index is 1.17. The van der Waals surface area contributed by atoms with Crippen LogP contribution in [0.5, 0.6) is 0 Å². The first-order valence-corrected chi connectivity index (χ1v) is 5.17. The van der Waals surface area contributed by atoms with E-state index >= 15 is 0 Å². The van der Waals surface area contributed by atoms with Gasteiger partial charge in [0.05, 0.1) is 0 Å². The number of rotatable bonds is 1. The third-order valence-corrected chi connectivity index (χ3v) is 2.29. The fraction of sp³-hybridized carbons (Fsp3) is 0.385. The number of benzene rings is 1. The van der Waals surface area contributed by atoms with Gasteiger partial charge in [-0.3, -0.25) is 0 Å². The molecular formula is C13H18. The van der Waals surface area contributed by atoms with Crippen LogP contribution in [0.25, 0.3) is 6.08 Å². The number of hydrogen-bond acceptors (Lipinski definition) is 0. The molecule has 0 fully saturated rings. The van der Waals surface area contributed by atoms with Crippen LogP contribution in [0.3, 0.4) is 0 Å². The van der Waals surface area contributed by atoms with E-state index in [2.05, 4.69) is 37.3 Å². The van der Waals surface area contributed by atoms with Crippen molar-refractivity contribution >= 4 is 6.08 Å². The van der Waals surface area contributed by atoms with Gasteiger partial charge in [-0.1, -0.05) is 56.7 Å². The first-order chi connectivity index (χ1) is 6.40. The van der Waals surface area contributed by atoms with Crippen LogP contribution in [0.15, 0.2) is 29.8 Å². The van der Waals surface area contributed by atoms with Crippen molar-refractivity contribution in [2.75, 3.05) is 0 Å². The summed E-state index contributed by atoms with van der Waals surface area (Å²) in [6, 6.07) is 8.63. The molecule has 70 valence electrons. The molecule has 1 aliphatic carbocycles. The molecule has 0 heteroatoms. The van der Waals surface area contributed by atoms with Crippen LogP contribution in [0.1, 0.15) is 38.3 Å². The topological polar surface area (TPSA) is 0 Å². The molecule has 0 atom stereocenters. The molecule has 0 amide bonds. The lowest BCUT2D eigenvalue weighted by Crippen LogP contribution is -1.81. The highest BCUT2D eigenvalue weighted by atomic mass is 14.1. The van der Waals surface area contributed by atoms with Gasteiger partial charge in [-0.2, -0.15) is 0 Å². The minimum Gasteiger partial charge on any atom is -0.0683 e. The van der Waals surface area contributed by atoms with Crippen LogP contribution < -0.4 is 0 Å². The highest BCUT2D eigenvalue weighted by Gasteiger charge is 2.08. The molecule has 2 rings (SSSR count). The third-order valence-electron chi connectivity index (χ3n) is 2.29. The van der Waals surface area contributed by atoms with Crippen molar-refractivity contribution in [3.63, 3.8) is 0 Å². The molecule has 0 spiro atoms. The summed E-state index contributed by atoms with van der Waals surface area (Å²) in [5, 5.41) is 0. The van der Waals surface area contributed by atoms with Gasteiger partial charge < -0.3 is 0 Å². The molecule has 0 unspecified atom stereocenters. The molecule has 13 heavy (non-hydrogen) atoms. The molecule has 1 aromatic carbocycles. The Morgan fingerprint density at radius 2 is 1.85 bits per heavy atom. The van der Waals surface area contributed by atoms with Crippen molar-refractivity contribution in [3.05, 3.63) is 41.0 Å². The predicted octanol–water partition coefficient (Wildman–Crippen LogP) is 4.06. The van der Waals surface area contributed by atoms with Gasteiger partial charge >= 0.3 is 0 Å². The van der Waals surface area contributed by atoms with Crippen molar-refractivity contribution in [2.24, 2.45) is 0 Å². The van der Waals surface area contributed by atoms with E-state index in [1.807, 2.05) is 13.8 Å². The fourth-order valence-electron chi connectivity index (χ4n) is 1.58. The van der Waals surface area contributed by atoms with Gasteiger partial charge in [-0.05, 0) is 24.0 Å². The molecule has 0 bridgehead atoms. The molecule has 0 N–H and O–H groups in total. The Hall–Kier alpha value is -1.04. The zero-order valence-corrected chi connectivity index (χ0v) is 8.80. The number of hydrogen-bond donors (Lipinski definition) is 0. The Labute approximate surface area is 81.3 Å². The zero-order valence-electron chi connectivity index (χ0n) is 8.80. The second-order valence-electron chi connectivity index (χ2n) is 3.03.